The van der Waals surface area contributed by atoms with Crippen molar-refractivity contribution in [2.45, 2.75) is 12.6 Å². The van der Waals surface area contributed by atoms with Crippen molar-refractivity contribution in [3.63, 3.8) is 0 Å². The van der Waals surface area contributed by atoms with Crippen molar-refractivity contribution in [2.24, 2.45) is 0 Å². The lowest BCUT2D eigenvalue weighted by Crippen LogP contribution is -2.27. The first kappa shape index (κ1) is 19.0. The van der Waals surface area contributed by atoms with E-state index in [2.05, 4.69) is 15.3 Å². The molecule has 0 aliphatic carbocycles. The maximum Gasteiger partial charge on any atom is 0.416 e. The number of carbonyl (C=O) groups is 1. The van der Waals surface area contributed by atoms with Gasteiger partial charge in [-0.2, -0.15) is 13.2 Å². The quantitative estimate of drug-likeness (QED) is 0.654. The number of hydrogen-bond acceptors (Lipinski definition) is 4. The van der Waals surface area contributed by atoms with E-state index in [0.29, 0.717) is 30.3 Å². The summed E-state index contributed by atoms with van der Waals surface area (Å²) in [6.45, 7) is 0.115. The van der Waals surface area contributed by atoms with Crippen LogP contribution in [0.3, 0.4) is 0 Å². The van der Waals surface area contributed by atoms with Gasteiger partial charge in [-0.25, -0.2) is 9.37 Å². The van der Waals surface area contributed by atoms with E-state index in [0.717, 1.165) is 10.7 Å². The number of halogens is 4. The van der Waals surface area contributed by atoms with E-state index in [-0.39, 0.29) is 6.54 Å². The van der Waals surface area contributed by atoms with E-state index in [1.807, 2.05) is 17.5 Å². The minimum Gasteiger partial charge on any atom is -0.352 e. The molecule has 0 fully saturated rings. The molecule has 3 aromatic rings. The monoisotopic (exact) mass is 395 g/mol. The summed E-state index contributed by atoms with van der Waals surface area (Å²) < 4.78 is 51.8. The summed E-state index contributed by atoms with van der Waals surface area (Å²) in [5.41, 5.74) is -0.298. The van der Waals surface area contributed by atoms with Crippen LogP contribution < -0.4 is 5.32 Å². The van der Waals surface area contributed by atoms with Gasteiger partial charge in [-0.05, 0) is 30.3 Å². The van der Waals surface area contributed by atoms with Gasteiger partial charge < -0.3 is 5.32 Å². The molecule has 9 heteroatoms. The number of amides is 1. The summed E-state index contributed by atoms with van der Waals surface area (Å²) in [7, 11) is 0. The van der Waals surface area contributed by atoms with E-state index in [9.17, 15) is 22.4 Å². The van der Waals surface area contributed by atoms with Gasteiger partial charge in [0.05, 0.1) is 27.5 Å². The van der Waals surface area contributed by atoms with Crippen LogP contribution in [0.5, 0.6) is 0 Å². The van der Waals surface area contributed by atoms with E-state index in [1.165, 1.54) is 11.3 Å². The first-order chi connectivity index (χ1) is 12.8. The molecule has 0 radical (unpaired) electrons. The Morgan fingerprint density at radius 2 is 1.96 bits per heavy atom. The topological polar surface area (TPSA) is 54.9 Å². The zero-order valence-electron chi connectivity index (χ0n) is 13.8. The second-order valence-electron chi connectivity index (χ2n) is 5.54. The average molecular weight is 395 g/mol. The molecule has 140 valence electrons. The molecular weight excluding hydrogens is 382 g/mol. The third-order valence-corrected chi connectivity index (χ3v) is 4.55. The molecule has 3 rings (SSSR count). The fourth-order valence-corrected chi connectivity index (χ4v) is 3.10. The summed E-state index contributed by atoms with van der Waals surface area (Å²) in [5, 5.41) is 4.97. The third kappa shape index (κ3) is 4.68. The normalized spacial score (nSPS) is 11.4. The number of benzene rings is 1. The molecule has 0 aliphatic rings. The summed E-state index contributed by atoms with van der Waals surface area (Å²) in [6, 6.07) is 7.19. The molecule has 0 bridgehead atoms. The number of alkyl halides is 3. The van der Waals surface area contributed by atoms with Crippen LogP contribution in [-0.2, 0) is 12.6 Å². The lowest BCUT2D eigenvalue weighted by Gasteiger charge is -2.10. The Hall–Kier alpha value is -2.81. The Labute approximate surface area is 155 Å². The van der Waals surface area contributed by atoms with Gasteiger partial charge in [0.15, 0.2) is 0 Å². The van der Waals surface area contributed by atoms with Crippen molar-refractivity contribution >= 4 is 17.2 Å². The summed E-state index contributed by atoms with van der Waals surface area (Å²) in [5.74, 6) is -1.91. The van der Waals surface area contributed by atoms with Gasteiger partial charge in [-0.15, -0.1) is 11.3 Å². The van der Waals surface area contributed by atoms with Crippen LogP contribution in [0.2, 0.25) is 0 Å². The van der Waals surface area contributed by atoms with E-state index in [4.69, 9.17) is 0 Å². The minimum absolute atomic E-state index is 0.115. The maximum atomic E-state index is 13.7. The van der Waals surface area contributed by atoms with Gasteiger partial charge in [0, 0.05) is 24.5 Å². The van der Waals surface area contributed by atoms with Crippen LogP contribution in [-0.4, -0.2) is 22.4 Å². The van der Waals surface area contributed by atoms with Crippen LogP contribution in [0.25, 0.3) is 11.4 Å². The molecule has 0 saturated carbocycles. The fraction of sp³-hybridized carbons (Fsp3) is 0.167. The Kier molecular flexibility index (Phi) is 5.50. The number of hydrogen-bond donors (Lipinski definition) is 1. The first-order valence-electron chi connectivity index (χ1n) is 7.85. The third-order valence-electron chi connectivity index (χ3n) is 3.64. The van der Waals surface area contributed by atoms with Crippen LogP contribution >= 0.6 is 11.3 Å². The summed E-state index contributed by atoms with van der Waals surface area (Å²) in [6.07, 6.45) is -2.63. The first-order valence-corrected chi connectivity index (χ1v) is 8.73. The molecule has 0 atom stereocenters. The number of carbonyl (C=O) groups excluding carboxylic acids is 1. The Morgan fingerprint density at radius 1 is 1.15 bits per heavy atom. The molecule has 27 heavy (non-hydrogen) atoms. The highest BCUT2D eigenvalue weighted by Gasteiger charge is 2.31. The van der Waals surface area contributed by atoms with Crippen LogP contribution in [0.4, 0.5) is 17.6 Å². The number of nitrogens with zero attached hydrogens (tertiary/aromatic N) is 2. The highest BCUT2D eigenvalue weighted by Crippen LogP contribution is 2.30. The highest BCUT2D eigenvalue weighted by atomic mass is 32.1. The lowest BCUT2D eigenvalue weighted by molar-refractivity contribution is -0.137. The van der Waals surface area contributed by atoms with Crippen molar-refractivity contribution in [1.29, 1.82) is 0 Å². The largest absolute Gasteiger partial charge is 0.416 e. The van der Waals surface area contributed by atoms with Crippen LogP contribution in [0, 0.1) is 5.82 Å². The van der Waals surface area contributed by atoms with Crippen molar-refractivity contribution in [1.82, 2.24) is 15.3 Å². The molecule has 0 unspecified atom stereocenters. The average Bonchev–Trinajstić information content (AvgIpc) is 3.10. The summed E-state index contributed by atoms with van der Waals surface area (Å²) >= 11 is 1.38. The smallest absolute Gasteiger partial charge is 0.352 e. The molecule has 2 heterocycles. The Bertz CT molecular complexity index is 941. The molecule has 1 amide bonds. The molecule has 1 N–H and O–H groups in total. The molecular formula is C18H13F4N3OS. The van der Waals surface area contributed by atoms with Crippen molar-refractivity contribution in [2.75, 3.05) is 6.54 Å². The standard InChI is InChI=1S/C18H13F4N3OS/c19-13-5-4-11(18(20,21)22)9-12(13)17(26)24-8-6-16-25-15(10-27-16)14-3-1-2-7-23-14/h1-5,7,9-10H,6,8H2,(H,24,26). The van der Waals surface area contributed by atoms with E-state index >= 15 is 0 Å². The van der Waals surface area contributed by atoms with E-state index < -0.39 is 29.0 Å². The minimum atomic E-state index is -4.65. The van der Waals surface area contributed by atoms with Gasteiger partial charge in [0.2, 0.25) is 0 Å². The predicted molar refractivity (Wildman–Crippen MR) is 92.8 cm³/mol. The maximum absolute atomic E-state index is 13.7. The molecule has 4 nitrogen and oxygen atoms in total. The van der Waals surface area contributed by atoms with Gasteiger partial charge in [0.25, 0.3) is 5.91 Å². The zero-order valence-corrected chi connectivity index (χ0v) is 14.6. The van der Waals surface area contributed by atoms with Gasteiger partial charge >= 0.3 is 6.18 Å². The number of rotatable bonds is 5. The number of nitrogens with one attached hydrogen (secondary N) is 1. The second-order valence-corrected chi connectivity index (χ2v) is 6.48. The molecule has 0 aliphatic heterocycles. The SMILES string of the molecule is O=C(NCCc1nc(-c2ccccn2)cs1)c1cc(C(F)(F)F)ccc1F. The molecule has 1 aromatic carbocycles. The van der Waals surface area contributed by atoms with Gasteiger partial charge in [-0.3, -0.25) is 9.78 Å². The number of thiazole rings is 1. The Morgan fingerprint density at radius 3 is 2.67 bits per heavy atom. The molecule has 0 saturated heterocycles. The van der Waals surface area contributed by atoms with Crippen molar-refractivity contribution in [3.05, 3.63) is 69.9 Å². The number of pyridine rings is 1. The van der Waals surface area contributed by atoms with Crippen molar-refractivity contribution in [3.8, 4) is 11.4 Å². The van der Waals surface area contributed by atoms with Crippen LogP contribution in [0.1, 0.15) is 20.9 Å². The van der Waals surface area contributed by atoms with E-state index in [1.54, 1.807) is 12.3 Å². The Balaban J connectivity index is 1.61. The molecule has 2 aromatic heterocycles. The van der Waals surface area contributed by atoms with Crippen molar-refractivity contribution < 1.29 is 22.4 Å². The number of aromatic nitrogens is 2. The van der Waals surface area contributed by atoms with Crippen LogP contribution in [0.15, 0.2) is 48.0 Å². The van der Waals surface area contributed by atoms with Gasteiger partial charge in [-0.1, -0.05) is 6.07 Å². The predicted octanol–water partition coefficient (Wildman–Crippen LogP) is 4.34. The second kappa shape index (κ2) is 7.83. The summed E-state index contributed by atoms with van der Waals surface area (Å²) in [4.78, 5) is 20.6. The zero-order chi connectivity index (χ0) is 19.4. The fourth-order valence-electron chi connectivity index (χ4n) is 2.31. The molecule has 0 spiro atoms. The highest BCUT2D eigenvalue weighted by molar-refractivity contribution is 7.09. The lowest BCUT2D eigenvalue weighted by atomic mass is 10.1. The van der Waals surface area contributed by atoms with Gasteiger partial charge in [0.1, 0.15) is 5.82 Å².